The molecule has 0 radical (unpaired) electrons. The first kappa shape index (κ1) is 19.7. The number of carbonyl (C=O) groups excluding carboxylic acids is 1. The fourth-order valence-electron chi connectivity index (χ4n) is 3.84. The Balaban J connectivity index is 1.49. The fraction of sp³-hybridized carbons (Fsp3) is 0.579. The van der Waals surface area contributed by atoms with Gasteiger partial charge in [-0.05, 0) is 18.9 Å². The van der Waals surface area contributed by atoms with Gasteiger partial charge in [0.15, 0.2) is 11.6 Å². The zero-order chi connectivity index (χ0) is 20.6. The van der Waals surface area contributed by atoms with Crippen LogP contribution in [0.3, 0.4) is 0 Å². The molecule has 0 N–H and O–H groups in total. The summed E-state index contributed by atoms with van der Waals surface area (Å²) >= 11 is 0. The topological polar surface area (TPSA) is 75.4 Å². The molecule has 0 saturated carbocycles. The standard InChI is InChI=1S/C19H22F3N5O2/c1-2-16(28)26-6-3-12(4-7-26)17-24-18(29-25-17)14-9-15(13(20)10-23-14)27-8-5-19(21,22)11-27/h9-10,12H,2-8,11H2,1H3. The van der Waals surface area contributed by atoms with Gasteiger partial charge in [0.1, 0.15) is 5.69 Å². The maximum absolute atomic E-state index is 14.2. The van der Waals surface area contributed by atoms with Gasteiger partial charge >= 0.3 is 0 Å². The second-order valence-electron chi connectivity index (χ2n) is 7.51. The molecule has 10 heteroatoms. The number of alkyl halides is 2. The summed E-state index contributed by atoms with van der Waals surface area (Å²) in [5, 5.41) is 4.02. The van der Waals surface area contributed by atoms with Crippen LogP contribution in [0.4, 0.5) is 18.9 Å². The molecule has 0 unspecified atom stereocenters. The van der Waals surface area contributed by atoms with Crippen molar-refractivity contribution < 1.29 is 22.5 Å². The first-order valence-corrected chi connectivity index (χ1v) is 9.76. The van der Waals surface area contributed by atoms with Crippen LogP contribution >= 0.6 is 0 Å². The molecule has 0 spiro atoms. The number of hydrogen-bond donors (Lipinski definition) is 0. The predicted molar refractivity (Wildman–Crippen MR) is 98.1 cm³/mol. The Labute approximate surface area is 165 Å². The molecule has 0 aliphatic carbocycles. The largest absolute Gasteiger partial charge is 0.363 e. The highest BCUT2D eigenvalue weighted by Gasteiger charge is 2.39. The molecule has 29 heavy (non-hydrogen) atoms. The van der Waals surface area contributed by atoms with E-state index in [1.54, 1.807) is 0 Å². The van der Waals surface area contributed by atoms with Crippen molar-refractivity contribution in [2.24, 2.45) is 0 Å². The number of aromatic nitrogens is 3. The number of amides is 1. The van der Waals surface area contributed by atoms with Gasteiger partial charge in [0.05, 0.1) is 18.4 Å². The molecule has 2 aliphatic heterocycles. The molecule has 2 aromatic heterocycles. The normalized spacial score (nSPS) is 19.7. The van der Waals surface area contributed by atoms with Gasteiger partial charge in [0.25, 0.3) is 11.8 Å². The van der Waals surface area contributed by atoms with Crippen molar-refractivity contribution in [1.29, 1.82) is 0 Å². The average molecular weight is 409 g/mol. The molecule has 0 atom stereocenters. The smallest absolute Gasteiger partial charge is 0.276 e. The van der Waals surface area contributed by atoms with E-state index in [9.17, 15) is 18.0 Å². The fourth-order valence-corrected chi connectivity index (χ4v) is 3.84. The Kier molecular flexibility index (Phi) is 5.18. The lowest BCUT2D eigenvalue weighted by atomic mass is 9.96. The van der Waals surface area contributed by atoms with Gasteiger partial charge in [-0.3, -0.25) is 4.79 Å². The third kappa shape index (κ3) is 4.06. The van der Waals surface area contributed by atoms with Crippen LogP contribution in [0.5, 0.6) is 0 Å². The second kappa shape index (κ2) is 7.64. The number of nitrogens with zero attached hydrogens (tertiary/aromatic N) is 5. The SMILES string of the molecule is CCC(=O)N1CCC(c2noc(-c3cc(N4CCC(F)(F)C4)c(F)cn3)n2)CC1. The van der Waals surface area contributed by atoms with E-state index in [4.69, 9.17) is 4.52 Å². The molecule has 4 rings (SSSR count). The van der Waals surface area contributed by atoms with E-state index in [1.165, 1.54) is 11.0 Å². The minimum atomic E-state index is -2.83. The van der Waals surface area contributed by atoms with Crippen LogP contribution in [-0.2, 0) is 4.79 Å². The van der Waals surface area contributed by atoms with Crippen LogP contribution < -0.4 is 4.90 Å². The third-order valence-corrected chi connectivity index (χ3v) is 5.52. The number of pyridine rings is 1. The van der Waals surface area contributed by atoms with E-state index >= 15 is 0 Å². The zero-order valence-corrected chi connectivity index (χ0v) is 16.1. The van der Waals surface area contributed by atoms with Gasteiger partial charge in [0, 0.05) is 38.4 Å². The van der Waals surface area contributed by atoms with Gasteiger partial charge in [-0.2, -0.15) is 4.98 Å². The van der Waals surface area contributed by atoms with Crippen LogP contribution in [0, 0.1) is 5.82 Å². The van der Waals surface area contributed by atoms with E-state index < -0.39 is 18.3 Å². The van der Waals surface area contributed by atoms with E-state index in [0.29, 0.717) is 25.3 Å². The highest BCUT2D eigenvalue weighted by Crippen LogP contribution is 2.34. The summed E-state index contributed by atoms with van der Waals surface area (Å²) in [6, 6.07) is 1.37. The maximum atomic E-state index is 14.2. The summed E-state index contributed by atoms with van der Waals surface area (Å²) in [6.07, 6.45) is 2.62. The van der Waals surface area contributed by atoms with Crippen molar-refractivity contribution in [3.05, 3.63) is 23.9 Å². The maximum Gasteiger partial charge on any atom is 0.276 e. The minimum Gasteiger partial charge on any atom is -0.363 e. The summed E-state index contributed by atoms with van der Waals surface area (Å²) in [5.41, 5.74) is 0.298. The summed E-state index contributed by atoms with van der Waals surface area (Å²) in [7, 11) is 0. The molecule has 2 fully saturated rings. The third-order valence-electron chi connectivity index (χ3n) is 5.52. The lowest BCUT2D eigenvalue weighted by Gasteiger charge is -2.30. The van der Waals surface area contributed by atoms with E-state index in [-0.39, 0.29) is 42.1 Å². The molecule has 2 aliphatic rings. The van der Waals surface area contributed by atoms with E-state index in [1.807, 2.05) is 11.8 Å². The van der Waals surface area contributed by atoms with Crippen molar-refractivity contribution in [2.45, 2.75) is 44.4 Å². The van der Waals surface area contributed by atoms with Gasteiger partial charge in [-0.25, -0.2) is 18.2 Å². The van der Waals surface area contributed by atoms with Crippen molar-refractivity contribution in [2.75, 3.05) is 31.1 Å². The Morgan fingerprint density at radius 3 is 2.72 bits per heavy atom. The zero-order valence-electron chi connectivity index (χ0n) is 16.1. The summed E-state index contributed by atoms with van der Waals surface area (Å²) < 4.78 is 46.5. The van der Waals surface area contributed by atoms with Crippen LogP contribution in [-0.4, -0.2) is 58.0 Å². The average Bonchev–Trinajstić information content (AvgIpc) is 3.34. The Bertz CT molecular complexity index is 896. The monoisotopic (exact) mass is 409 g/mol. The Hall–Kier alpha value is -2.65. The summed E-state index contributed by atoms with van der Waals surface area (Å²) in [5.74, 6) is -2.66. The highest BCUT2D eigenvalue weighted by molar-refractivity contribution is 5.75. The molecule has 1 amide bonds. The van der Waals surface area contributed by atoms with E-state index in [0.717, 1.165) is 19.0 Å². The number of rotatable bonds is 4. The molecule has 0 bridgehead atoms. The molecule has 2 aromatic rings. The lowest BCUT2D eigenvalue weighted by Crippen LogP contribution is -2.37. The number of carbonyl (C=O) groups is 1. The van der Waals surface area contributed by atoms with Gasteiger partial charge in [-0.15, -0.1) is 0 Å². The van der Waals surface area contributed by atoms with Gasteiger partial charge in [0.2, 0.25) is 5.91 Å². The predicted octanol–water partition coefficient (Wildman–Crippen LogP) is 3.23. The van der Waals surface area contributed by atoms with Crippen molar-refractivity contribution in [3.63, 3.8) is 0 Å². The number of piperidine rings is 1. The molecule has 7 nitrogen and oxygen atoms in total. The van der Waals surface area contributed by atoms with Crippen molar-refractivity contribution in [1.82, 2.24) is 20.0 Å². The van der Waals surface area contributed by atoms with Crippen molar-refractivity contribution >= 4 is 11.6 Å². The number of hydrogen-bond acceptors (Lipinski definition) is 6. The molecular formula is C19H22F3N5O2. The molecule has 0 aromatic carbocycles. The van der Waals surface area contributed by atoms with Gasteiger partial charge < -0.3 is 14.3 Å². The van der Waals surface area contributed by atoms with Crippen LogP contribution in [0.25, 0.3) is 11.6 Å². The van der Waals surface area contributed by atoms with Crippen LogP contribution in [0.2, 0.25) is 0 Å². The quantitative estimate of drug-likeness (QED) is 0.772. The Morgan fingerprint density at radius 2 is 2.07 bits per heavy atom. The number of likely N-dealkylation sites (tertiary alicyclic amines) is 1. The summed E-state index contributed by atoms with van der Waals surface area (Å²) in [6.45, 7) is 2.66. The van der Waals surface area contributed by atoms with Gasteiger partial charge in [-0.1, -0.05) is 12.1 Å². The molecule has 4 heterocycles. The molecule has 2 saturated heterocycles. The number of halogens is 3. The van der Waals surface area contributed by atoms with Crippen LogP contribution in [0.15, 0.2) is 16.8 Å². The molecular weight excluding hydrogens is 387 g/mol. The second-order valence-corrected chi connectivity index (χ2v) is 7.51. The van der Waals surface area contributed by atoms with Crippen LogP contribution in [0.1, 0.15) is 44.3 Å². The molecule has 156 valence electrons. The van der Waals surface area contributed by atoms with E-state index in [2.05, 4.69) is 15.1 Å². The Morgan fingerprint density at radius 1 is 1.31 bits per heavy atom. The number of anilines is 1. The first-order chi connectivity index (χ1) is 13.9. The highest BCUT2D eigenvalue weighted by atomic mass is 19.3. The summed E-state index contributed by atoms with van der Waals surface area (Å²) in [4.78, 5) is 23.3. The van der Waals surface area contributed by atoms with Crippen molar-refractivity contribution in [3.8, 4) is 11.6 Å². The first-order valence-electron chi connectivity index (χ1n) is 9.76. The lowest BCUT2D eigenvalue weighted by molar-refractivity contribution is -0.131. The minimum absolute atomic E-state index is 0.0540.